The molecule has 2 heteroatoms. The Balaban J connectivity index is 2.28. The number of hydrogen-bond donors (Lipinski definition) is 1. The molecule has 1 aliphatic heterocycles. The summed E-state index contributed by atoms with van der Waals surface area (Å²) >= 11 is 0. The molecule has 1 saturated heterocycles. The molecule has 0 amide bonds. The quantitative estimate of drug-likeness (QED) is 0.749. The smallest absolute Gasteiger partial charge is 0.00216 e. The molecule has 0 aromatic rings. The fraction of sp³-hybridized carbons (Fsp3) is 1.00. The predicted octanol–water partition coefficient (Wildman–Crippen LogP) is 2.09. The number of hydrogen-bond acceptors (Lipinski definition) is 2. The largest absolute Gasteiger partial charge is 0.330 e. The molecule has 0 radical (unpaired) electrons. The Morgan fingerprint density at radius 2 is 1.86 bits per heavy atom. The van der Waals surface area contributed by atoms with E-state index in [-0.39, 0.29) is 0 Å². The van der Waals surface area contributed by atoms with Crippen LogP contribution in [0, 0.1) is 11.3 Å². The van der Waals surface area contributed by atoms with Crippen molar-refractivity contribution in [3.05, 3.63) is 0 Å². The van der Waals surface area contributed by atoms with Crippen LogP contribution in [0.2, 0.25) is 0 Å². The molecule has 0 bridgehead atoms. The molecular formula is C12H26N2. The van der Waals surface area contributed by atoms with Gasteiger partial charge in [0.1, 0.15) is 0 Å². The molecule has 0 spiro atoms. The van der Waals surface area contributed by atoms with Crippen LogP contribution in [0.3, 0.4) is 0 Å². The summed E-state index contributed by atoms with van der Waals surface area (Å²) in [5, 5.41) is 0. The van der Waals surface area contributed by atoms with E-state index in [1.165, 1.54) is 38.9 Å². The summed E-state index contributed by atoms with van der Waals surface area (Å²) in [4.78, 5) is 2.59. The Hall–Kier alpha value is -0.0800. The van der Waals surface area contributed by atoms with Crippen molar-refractivity contribution >= 4 is 0 Å². The number of likely N-dealkylation sites (tertiary alicyclic amines) is 1. The van der Waals surface area contributed by atoms with Gasteiger partial charge in [-0.1, -0.05) is 27.2 Å². The van der Waals surface area contributed by atoms with Gasteiger partial charge < -0.3 is 10.6 Å². The van der Waals surface area contributed by atoms with Crippen molar-refractivity contribution in [2.24, 2.45) is 17.1 Å². The predicted molar refractivity (Wildman–Crippen MR) is 62.3 cm³/mol. The van der Waals surface area contributed by atoms with Crippen LogP contribution in [-0.4, -0.2) is 31.1 Å². The van der Waals surface area contributed by atoms with E-state index in [1.807, 2.05) is 0 Å². The van der Waals surface area contributed by atoms with Gasteiger partial charge in [0.15, 0.2) is 0 Å². The zero-order valence-corrected chi connectivity index (χ0v) is 10.1. The minimum atomic E-state index is 0.570. The van der Waals surface area contributed by atoms with Crippen molar-refractivity contribution in [3.8, 4) is 0 Å². The summed E-state index contributed by atoms with van der Waals surface area (Å²) in [7, 11) is 0. The standard InChI is InChI=1S/C12H26N2/c1-4-11(9-13)10-14-7-5-12(2,3)6-8-14/h11H,4-10,13H2,1-3H3. The highest BCUT2D eigenvalue weighted by Crippen LogP contribution is 2.29. The molecule has 1 rings (SSSR count). The maximum atomic E-state index is 5.73. The highest BCUT2D eigenvalue weighted by Gasteiger charge is 2.25. The third-order valence-corrected chi connectivity index (χ3v) is 3.64. The molecule has 0 aliphatic carbocycles. The van der Waals surface area contributed by atoms with E-state index in [4.69, 9.17) is 5.73 Å². The number of nitrogens with two attached hydrogens (primary N) is 1. The summed E-state index contributed by atoms with van der Waals surface area (Å²) in [6, 6.07) is 0. The lowest BCUT2D eigenvalue weighted by Gasteiger charge is -2.38. The van der Waals surface area contributed by atoms with Crippen molar-refractivity contribution in [3.63, 3.8) is 0 Å². The molecule has 84 valence electrons. The van der Waals surface area contributed by atoms with Crippen LogP contribution in [0.5, 0.6) is 0 Å². The Labute approximate surface area is 88.8 Å². The zero-order chi connectivity index (χ0) is 10.6. The molecule has 1 fully saturated rings. The Bertz CT molecular complexity index is 152. The number of rotatable bonds is 4. The van der Waals surface area contributed by atoms with Crippen LogP contribution < -0.4 is 5.73 Å². The minimum Gasteiger partial charge on any atom is -0.330 e. The van der Waals surface area contributed by atoms with Gasteiger partial charge in [0.25, 0.3) is 0 Å². The zero-order valence-electron chi connectivity index (χ0n) is 10.1. The first-order valence-electron chi connectivity index (χ1n) is 6.00. The lowest BCUT2D eigenvalue weighted by atomic mass is 9.82. The van der Waals surface area contributed by atoms with Crippen molar-refractivity contribution < 1.29 is 0 Å². The maximum Gasteiger partial charge on any atom is 0.00216 e. The van der Waals surface area contributed by atoms with Crippen LogP contribution in [-0.2, 0) is 0 Å². The molecule has 2 nitrogen and oxygen atoms in total. The molecular weight excluding hydrogens is 172 g/mol. The first-order chi connectivity index (χ1) is 6.57. The average molecular weight is 198 g/mol. The topological polar surface area (TPSA) is 29.3 Å². The maximum absolute atomic E-state index is 5.73. The van der Waals surface area contributed by atoms with E-state index in [0.717, 1.165) is 6.54 Å². The molecule has 1 atom stereocenters. The Kier molecular flexibility index (Phi) is 4.39. The highest BCUT2D eigenvalue weighted by molar-refractivity contribution is 4.79. The summed E-state index contributed by atoms with van der Waals surface area (Å²) in [5.74, 6) is 0.705. The van der Waals surface area contributed by atoms with Gasteiger partial charge in [-0.3, -0.25) is 0 Å². The van der Waals surface area contributed by atoms with Gasteiger partial charge >= 0.3 is 0 Å². The normalized spacial score (nSPS) is 24.9. The second-order valence-electron chi connectivity index (χ2n) is 5.47. The van der Waals surface area contributed by atoms with Gasteiger partial charge in [-0.2, -0.15) is 0 Å². The fourth-order valence-electron chi connectivity index (χ4n) is 2.08. The second kappa shape index (κ2) is 5.13. The van der Waals surface area contributed by atoms with Crippen LogP contribution >= 0.6 is 0 Å². The summed E-state index contributed by atoms with van der Waals surface area (Å²) in [5.41, 5.74) is 6.30. The van der Waals surface area contributed by atoms with E-state index in [0.29, 0.717) is 11.3 Å². The SMILES string of the molecule is CCC(CN)CN1CCC(C)(C)CC1. The Morgan fingerprint density at radius 3 is 2.29 bits per heavy atom. The molecule has 1 heterocycles. The van der Waals surface area contributed by atoms with Gasteiger partial charge in [-0.05, 0) is 43.8 Å². The van der Waals surface area contributed by atoms with E-state index in [2.05, 4.69) is 25.7 Å². The van der Waals surface area contributed by atoms with Crippen molar-refractivity contribution in [1.82, 2.24) is 4.90 Å². The lowest BCUT2D eigenvalue weighted by molar-refractivity contribution is 0.117. The lowest BCUT2D eigenvalue weighted by Crippen LogP contribution is -2.41. The van der Waals surface area contributed by atoms with E-state index < -0.39 is 0 Å². The van der Waals surface area contributed by atoms with Crippen LogP contribution in [0.1, 0.15) is 40.0 Å². The molecule has 1 aliphatic rings. The van der Waals surface area contributed by atoms with Gasteiger partial charge in [-0.25, -0.2) is 0 Å². The van der Waals surface area contributed by atoms with Crippen LogP contribution in [0.25, 0.3) is 0 Å². The summed E-state index contributed by atoms with van der Waals surface area (Å²) < 4.78 is 0. The summed E-state index contributed by atoms with van der Waals surface area (Å²) in [6.45, 7) is 11.6. The molecule has 0 saturated carbocycles. The van der Waals surface area contributed by atoms with Gasteiger partial charge in [0.2, 0.25) is 0 Å². The first kappa shape index (κ1) is 12.0. The van der Waals surface area contributed by atoms with E-state index in [9.17, 15) is 0 Å². The average Bonchev–Trinajstić information content (AvgIpc) is 2.16. The Morgan fingerprint density at radius 1 is 1.29 bits per heavy atom. The third kappa shape index (κ3) is 3.58. The highest BCUT2D eigenvalue weighted by atomic mass is 15.1. The van der Waals surface area contributed by atoms with Crippen molar-refractivity contribution in [1.29, 1.82) is 0 Å². The molecule has 0 aromatic heterocycles. The van der Waals surface area contributed by atoms with Crippen molar-refractivity contribution in [2.75, 3.05) is 26.2 Å². The molecule has 2 N–H and O–H groups in total. The third-order valence-electron chi connectivity index (χ3n) is 3.64. The van der Waals surface area contributed by atoms with Gasteiger partial charge in [0, 0.05) is 6.54 Å². The number of nitrogens with zero attached hydrogens (tertiary/aromatic N) is 1. The molecule has 1 unspecified atom stereocenters. The van der Waals surface area contributed by atoms with Crippen molar-refractivity contribution in [2.45, 2.75) is 40.0 Å². The number of piperidine rings is 1. The molecule has 0 aromatic carbocycles. The van der Waals surface area contributed by atoms with Gasteiger partial charge in [-0.15, -0.1) is 0 Å². The minimum absolute atomic E-state index is 0.570. The first-order valence-corrected chi connectivity index (χ1v) is 6.00. The van der Waals surface area contributed by atoms with E-state index >= 15 is 0 Å². The van der Waals surface area contributed by atoms with Crippen LogP contribution in [0.4, 0.5) is 0 Å². The molecule has 14 heavy (non-hydrogen) atoms. The fourth-order valence-corrected chi connectivity index (χ4v) is 2.08. The second-order valence-corrected chi connectivity index (χ2v) is 5.47. The summed E-state index contributed by atoms with van der Waals surface area (Å²) in [6.07, 6.45) is 3.90. The monoisotopic (exact) mass is 198 g/mol. The van der Waals surface area contributed by atoms with Gasteiger partial charge in [0.05, 0.1) is 0 Å². The van der Waals surface area contributed by atoms with E-state index in [1.54, 1.807) is 0 Å². The van der Waals surface area contributed by atoms with Crippen LogP contribution in [0.15, 0.2) is 0 Å².